The summed E-state index contributed by atoms with van der Waals surface area (Å²) in [6, 6.07) is 0.282. The molecule has 2 amide bonds. The third kappa shape index (κ3) is 7.18. The minimum atomic E-state index is -0.342. The Morgan fingerprint density at radius 3 is 2.65 bits per heavy atom. The van der Waals surface area contributed by atoms with Gasteiger partial charge in [-0.1, -0.05) is 19.3 Å². The van der Waals surface area contributed by atoms with Crippen LogP contribution < -0.4 is 16.0 Å². The van der Waals surface area contributed by atoms with Crippen molar-refractivity contribution in [2.45, 2.75) is 51.2 Å². The first-order valence-electron chi connectivity index (χ1n) is 6.61. The van der Waals surface area contributed by atoms with E-state index < -0.39 is 0 Å². The quantitative estimate of drug-likeness (QED) is 0.516. The summed E-state index contributed by atoms with van der Waals surface area (Å²) in [7, 11) is 0. The largest absolute Gasteiger partial charge is 0.392 e. The van der Waals surface area contributed by atoms with Gasteiger partial charge in [0.2, 0.25) is 0 Å². The zero-order valence-electron chi connectivity index (χ0n) is 10.7. The van der Waals surface area contributed by atoms with E-state index in [0.29, 0.717) is 25.7 Å². The lowest BCUT2D eigenvalue weighted by molar-refractivity contribution is 0.191. The Hall–Kier alpha value is -0.810. The van der Waals surface area contributed by atoms with Gasteiger partial charge in [-0.3, -0.25) is 0 Å². The molecular weight excluding hydrogens is 218 g/mol. The summed E-state index contributed by atoms with van der Waals surface area (Å²) in [6.07, 6.45) is 5.61. The molecule has 0 aliphatic heterocycles. The number of aliphatic hydroxyl groups is 1. The second kappa shape index (κ2) is 8.31. The molecule has 0 spiro atoms. The van der Waals surface area contributed by atoms with Gasteiger partial charge in [-0.25, -0.2) is 4.79 Å². The number of urea groups is 1. The molecule has 4 N–H and O–H groups in total. The zero-order chi connectivity index (χ0) is 12.5. The fourth-order valence-electron chi connectivity index (χ4n) is 2.06. The van der Waals surface area contributed by atoms with Crippen LogP contribution in [0.25, 0.3) is 0 Å². The molecular formula is C12H25N3O2. The predicted octanol–water partition coefficient (Wildman–Crippen LogP) is 0.589. The summed E-state index contributed by atoms with van der Waals surface area (Å²) < 4.78 is 0. The summed E-state index contributed by atoms with van der Waals surface area (Å²) in [5, 5.41) is 17.9. The van der Waals surface area contributed by atoms with Crippen LogP contribution in [0.4, 0.5) is 4.79 Å². The molecule has 0 aromatic heterocycles. The molecule has 1 fully saturated rings. The van der Waals surface area contributed by atoms with Crippen LogP contribution in [0.5, 0.6) is 0 Å². The minimum Gasteiger partial charge on any atom is -0.392 e. The van der Waals surface area contributed by atoms with Crippen LogP contribution in [-0.4, -0.2) is 42.9 Å². The van der Waals surface area contributed by atoms with Crippen molar-refractivity contribution in [3.8, 4) is 0 Å². The average molecular weight is 243 g/mol. The first-order valence-corrected chi connectivity index (χ1v) is 6.61. The van der Waals surface area contributed by atoms with E-state index in [9.17, 15) is 4.79 Å². The molecule has 100 valence electrons. The van der Waals surface area contributed by atoms with Gasteiger partial charge in [0.1, 0.15) is 0 Å². The first-order chi connectivity index (χ1) is 8.18. The standard InChI is InChI=1S/C12H25N3O2/c1-10(16)9-13-7-8-14-12(17)15-11-5-3-2-4-6-11/h10-11,13,16H,2-9H2,1H3,(H2,14,15,17). The maximum Gasteiger partial charge on any atom is 0.315 e. The Bertz CT molecular complexity index is 216. The lowest BCUT2D eigenvalue weighted by atomic mass is 9.96. The van der Waals surface area contributed by atoms with Crippen molar-refractivity contribution in [2.75, 3.05) is 19.6 Å². The normalized spacial score (nSPS) is 18.7. The van der Waals surface area contributed by atoms with Gasteiger partial charge < -0.3 is 21.1 Å². The molecule has 5 heteroatoms. The highest BCUT2D eigenvalue weighted by Crippen LogP contribution is 2.16. The van der Waals surface area contributed by atoms with E-state index >= 15 is 0 Å². The van der Waals surface area contributed by atoms with E-state index in [2.05, 4.69) is 16.0 Å². The third-order valence-corrected chi connectivity index (χ3v) is 2.97. The van der Waals surface area contributed by atoms with Crippen molar-refractivity contribution in [1.29, 1.82) is 0 Å². The van der Waals surface area contributed by atoms with E-state index in [1.807, 2.05) is 0 Å². The van der Waals surface area contributed by atoms with Gasteiger partial charge in [0.25, 0.3) is 0 Å². The fourth-order valence-corrected chi connectivity index (χ4v) is 2.06. The van der Waals surface area contributed by atoms with Crippen LogP contribution in [0.2, 0.25) is 0 Å². The number of carbonyl (C=O) groups excluding carboxylic acids is 1. The van der Waals surface area contributed by atoms with Crippen molar-refractivity contribution in [3.05, 3.63) is 0 Å². The van der Waals surface area contributed by atoms with E-state index in [4.69, 9.17) is 5.11 Å². The molecule has 5 nitrogen and oxygen atoms in total. The number of carbonyl (C=O) groups is 1. The van der Waals surface area contributed by atoms with Crippen molar-refractivity contribution in [1.82, 2.24) is 16.0 Å². The SMILES string of the molecule is CC(O)CNCCNC(=O)NC1CCCCC1. The van der Waals surface area contributed by atoms with Gasteiger partial charge in [0.15, 0.2) is 0 Å². The van der Waals surface area contributed by atoms with Crippen molar-refractivity contribution >= 4 is 6.03 Å². The van der Waals surface area contributed by atoms with Gasteiger partial charge in [0, 0.05) is 25.7 Å². The number of rotatable bonds is 6. The molecule has 1 saturated carbocycles. The molecule has 0 bridgehead atoms. The number of hydrogen-bond acceptors (Lipinski definition) is 3. The highest BCUT2D eigenvalue weighted by atomic mass is 16.3. The highest BCUT2D eigenvalue weighted by Gasteiger charge is 2.14. The lowest BCUT2D eigenvalue weighted by Gasteiger charge is -2.22. The number of amides is 2. The molecule has 0 radical (unpaired) electrons. The van der Waals surface area contributed by atoms with E-state index in [-0.39, 0.29) is 12.1 Å². The van der Waals surface area contributed by atoms with E-state index in [1.165, 1.54) is 19.3 Å². The van der Waals surface area contributed by atoms with Gasteiger partial charge in [0.05, 0.1) is 6.10 Å². The number of aliphatic hydroxyl groups excluding tert-OH is 1. The Balaban J connectivity index is 1.97. The van der Waals surface area contributed by atoms with Crippen LogP contribution in [-0.2, 0) is 0 Å². The Labute approximate surface area is 103 Å². The molecule has 0 aromatic rings. The molecule has 1 aliphatic carbocycles. The maximum absolute atomic E-state index is 11.5. The van der Waals surface area contributed by atoms with Crippen LogP contribution in [0.15, 0.2) is 0 Å². The summed E-state index contributed by atoms with van der Waals surface area (Å²) in [6.45, 7) is 3.57. The molecule has 0 aromatic carbocycles. The third-order valence-electron chi connectivity index (χ3n) is 2.97. The van der Waals surface area contributed by atoms with Crippen LogP contribution >= 0.6 is 0 Å². The average Bonchev–Trinajstić information content (AvgIpc) is 2.29. The predicted molar refractivity (Wildman–Crippen MR) is 68.0 cm³/mol. The van der Waals surface area contributed by atoms with E-state index in [1.54, 1.807) is 6.92 Å². The Morgan fingerprint density at radius 1 is 1.29 bits per heavy atom. The lowest BCUT2D eigenvalue weighted by Crippen LogP contribution is -2.45. The summed E-state index contributed by atoms with van der Waals surface area (Å²) in [5.41, 5.74) is 0. The fraction of sp³-hybridized carbons (Fsp3) is 0.917. The van der Waals surface area contributed by atoms with E-state index in [0.717, 1.165) is 12.8 Å². The molecule has 1 unspecified atom stereocenters. The Morgan fingerprint density at radius 2 is 2.00 bits per heavy atom. The topological polar surface area (TPSA) is 73.4 Å². The summed E-state index contributed by atoms with van der Waals surface area (Å²) >= 11 is 0. The minimum absolute atomic E-state index is 0.0734. The molecule has 1 atom stereocenters. The number of nitrogens with one attached hydrogen (secondary N) is 3. The summed E-state index contributed by atoms with van der Waals surface area (Å²) in [5.74, 6) is 0. The second-order valence-electron chi connectivity index (χ2n) is 4.79. The van der Waals surface area contributed by atoms with Gasteiger partial charge in [-0.15, -0.1) is 0 Å². The highest BCUT2D eigenvalue weighted by molar-refractivity contribution is 5.74. The van der Waals surface area contributed by atoms with Crippen LogP contribution in [0.3, 0.4) is 0 Å². The maximum atomic E-state index is 11.5. The van der Waals surface area contributed by atoms with Gasteiger partial charge in [-0.05, 0) is 19.8 Å². The van der Waals surface area contributed by atoms with Crippen LogP contribution in [0.1, 0.15) is 39.0 Å². The molecule has 17 heavy (non-hydrogen) atoms. The van der Waals surface area contributed by atoms with Crippen molar-refractivity contribution in [3.63, 3.8) is 0 Å². The van der Waals surface area contributed by atoms with Crippen molar-refractivity contribution in [2.24, 2.45) is 0 Å². The monoisotopic (exact) mass is 243 g/mol. The molecule has 0 saturated heterocycles. The zero-order valence-corrected chi connectivity index (χ0v) is 10.7. The van der Waals surface area contributed by atoms with Crippen LogP contribution in [0, 0.1) is 0 Å². The van der Waals surface area contributed by atoms with Gasteiger partial charge >= 0.3 is 6.03 Å². The van der Waals surface area contributed by atoms with Crippen molar-refractivity contribution < 1.29 is 9.90 Å². The summed E-state index contributed by atoms with van der Waals surface area (Å²) in [4.78, 5) is 11.5. The molecule has 0 heterocycles. The Kier molecular flexibility index (Phi) is 6.96. The molecule has 1 rings (SSSR count). The van der Waals surface area contributed by atoms with Gasteiger partial charge in [-0.2, -0.15) is 0 Å². The smallest absolute Gasteiger partial charge is 0.315 e. The number of hydrogen-bond donors (Lipinski definition) is 4. The second-order valence-corrected chi connectivity index (χ2v) is 4.79. The first kappa shape index (κ1) is 14.3. The molecule has 1 aliphatic rings.